The highest BCUT2D eigenvalue weighted by Crippen LogP contribution is 2.31. The highest BCUT2D eigenvalue weighted by Gasteiger charge is 2.38. The predicted molar refractivity (Wildman–Crippen MR) is 61.6 cm³/mol. The molecule has 5 nitrogen and oxygen atoms in total. The van der Waals surface area contributed by atoms with E-state index in [1.165, 1.54) is 0 Å². The Hall–Kier alpha value is -1.20. The molecule has 2 saturated heterocycles. The second kappa shape index (κ2) is 4.58. The van der Waals surface area contributed by atoms with Crippen molar-refractivity contribution in [2.24, 2.45) is 0 Å². The lowest BCUT2D eigenvalue weighted by Crippen LogP contribution is -2.50. The van der Waals surface area contributed by atoms with Gasteiger partial charge in [-0.2, -0.15) is 0 Å². The number of anilines is 1. The smallest absolute Gasteiger partial charge is 0.171 e. The lowest BCUT2D eigenvalue weighted by atomic mass is 10.0. The van der Waals surface area contributed by atoms with E-state index in [0.717, 1.165) is 51.4 Å². The molecule has 0 saturated carbocycles. The molecule has 17 heavy (non-hydrogen) atoms. The van der Waals surface area contributed by atoms with E-state index in [2.05, 4.69) is 21.3 Å². The average Bonchev–Trinajstić information content (AvgIpc) is 2.42. The lowest BCUT2D eigenvalue weighted by Gasteiger charge is -2.43. The van der Waals surface area contributed by atoms with E-state index >= 15 is 0 Å². The number of hydrogen-bond acceptors (Lipinski definition) is 5. The van der Waals surface area contributed by atoms with Crippen molar-refractivity contribution in [2.45, 2.75) is 25.0 Å². The van der Waals surface area contributed by atoms with Gasteiger partial charge >= 0.3 is 0 Å². The summed E-state index contributed by atoms with van der Waals surface area (Å²) in [5, 5.41) is 7.86. The number of nitrogens with zero attached hydrogens (tertiary/aromatic N) is 3. The van der Waals surface area contributed by atoms with E-state index in [-0.39, 0.29) is 5.79 Å². The van der Waals surface area contributed by atoms with Gasteiger partial charge in [-0.3, -0.25) is 0 Å². The first-order chi connectivity index (χ1) is 8.38. The third-order valence-electron chi connectivity index (χ3n) is 3.39. The first-order valence-electron chi connectivity index (χ1n) is 6.11. The molecule has 2 aliphatic rings. The van der Waals surface area contributed by atoms with Crippen molar-refractivity contribution >= 4 is 5.82 Å². The quantitative estimate of drug-likeness (QED) is 0.725. The van der Waals surface area contributed by atoms with Crippen molar-refractivity contribution in [1.82, 2.24) is 10.2 Å². The fourth-order valence-electron chi connectivity index (χ4n) is 2.41. The van der Waals surface area contributed by atoms with Crippen LogP contribution in [0.3, 0.4) is 0 Å². The van der Waals surface area contributed by atoms with Crippen molar-refractivity contribution in [3.05, 3.63) is 18.3 Å². The molecular formula is C12H16N3O2. The SMILES string of the molecule is [c]1ccc(N2CCC3(CC2)OCCCO3)nn1. The van der Waals surface area contributed by atoms with E-state index < -0.39 is 0 Å². The molecule has 3 heterocycles. The van der Waals surface area contributed by atoms with Crippen LogP contribution in [0.5, 0.6) is 0 Å². The second-order valence-electron chi connectivity index (χ2n) is 4.47. The molecular weight excluding hydrogens is 218 g/mol. The average molecular weight is 234 g/mol. The molecule has 0 amide bonds. The van der Waals surface area contributed by atoms with Crippen LogP contribution in [0.1, 0.15) is 19.3 Å². The summed E-state index contributed by atoms with van der Waals surface area (Å²) in [5.41, 5.74) is 0. The first kappa shape index (κ1) is 10.9. The topological polar surface area (TPSA) is 47.5 Å². The van der Waals surface area contributed by atoms with Crippen LogP contribution in [-0.4, -0.2) is 42.3 Å². The van der Waals surface area contributed by atoms with Crippen LogP contribution in [0, 0.1) is 6.20 Å². The summed E-state index contributed by atoms with van der Waals surface area (Å²) in [6.07, 6.45) is 5.49. The predicted octanol–water partition coefficient (Wildman–Crippen LogP) is 1.01. The van der Waals surface area contributed by atoms with Crippen LogP contribution in [0.4, 0.5) is 5.82 Å². The summed E-state index contributed by atoms with van der Waals surface area (Å²) < 4.78 is 11.6. The summed E-state index contributed by atoms with van der Waals surface area (Å²) in [5.74, 6) is 0.581. The highest BCUT2D eigenvalue weighted by molar-refractivity contribution is 5.36. The van der Waals surface area contributed by atoms with E-state index in [4.69, 9.17) is 9.47 Å². The Morgan fingerprint density at radius 1 is 1.24 bits per heavy atom. The van der Waals surface area contributed by atoms with Crippen molar-refractivity contribution in [3.63, 3.8) is 0 Å². The summed E-state index contributed by atoms with van der Waals surface area (Å²) in [7, 11) is 0. The molecule has 0 bridgehead atoms. The second-order valence-corrected chi connectivity index (χ2v) is 4.47. The summed E-state index contributed by atoms with van der Waals surface area (Å²) in [6.45, 7) is 3.44. The summed E-state index contributed by atoms with van der Waals surface area (Å²) in [4.78, 5) is 2.22. The van der Waals surface area contributed by atoms with Gasteiger partial charge in [0.2, 0.25) is 0 Å². The van der Waals surface area contributed by atoms with Gasteiger partial charge in [0.15, 0.2) is 11.6 Å². The normalized spacial score (nSPS) is 23.9. The first-order valence-corrected chi connectivity index (χ1v) is 6.11. The number of piperidine rings is 1. The van der Waals surface area contributed by atoms with E-state index in [0.29, 0.717) is 0 Å². The maximum atomic E-state index is 5.80. The standard InChI is InChI=1S/C12H16N3O2/c1-3-11(14-13-6-1)15-7-4-12(5-8-15)16-9-2-10-17-12/h1,3H,2,4-5,7-10H2. The molecule has 2 aliphatic heterocycles. The maximum Gasteiger partial charge on any atom is 0.171 e. The fraction of sp³-hybridized carbons (Fsp3) is 0.667. The Labute approximate surface area is 101 Å². The Kier molecular flexibility index (Phi) is 2.94. The van der Waals surface area contributed by atoms with Gasteiger partial charge in [-0.25, -0.2) is 0 Å². The molecule has 3 rings (SSSR count). The molecule has 1 spiro atoms. The van der Waals surface area contributed by atoms with Crippen molar-refractivity contribution < 1.29 is 9.47 Å². The van der Waals surface area contributed by atoms with Gasteiger partial charge in [0.05, 0.1) is 13.2 Å². The molecule has 1 radical (unpaired) electrons. The van der Waals surface area contributed by atoms with Gasteiger partial charge in [0, 0.05) is 25.9 Å². The van der Waals surface area contributed by atoms with Gasteiger partial charge in [-0.1, -0.05) is 0 Å². The highest BCUT2D eigenvalue weighted by atomic mass is 16.7. The van der Waals surface area contributed by atoms with Crippen molar-refractivity contribution in [2.75, 3.05) is 31.2 Å². The fourth-order valence-corrected chi connectivity index (χ4v) is 2.41. The van der Waals surface area contributed by atoms with Gasteiger partial charge in [-0.15, -0.1) is 10.2 Å². The minimum atomic E-state index is -0.330. The van der Waals surface area contributed by atoms with Crippen LogP contribution in [0.25, 0.3) is 0 Å². The van der Waals surface area contributed by atoms with Gasteiger partial charge < -0.3 is 14.4 Å². The van der Waals surface area contributed by atoms with E-state index in [1.807, 2.05) is 6.07 Å². The van der Waals surface area contributed by atoms with Gasteiger partial charge in [-0.05, 0) is 18.6 Å². The Morgan fingerprint density at radius 2 is 2.00 bits per heavy atom. The minimum Gasteiger partial charge on any atom is -0.355 e. The molecule has 2 fully saturated rings. The van der Waals surface area contributed by atoms with E-state index in [9.17, 15) is 0 Å². The number of hydrogen-bond donors (Lipinski definition) is 0. The number of rotatable bonds is 1. The Morgan fingerprint density at radius 3 is 2.65 bits per heavy atom. The zero-order valence-corrected chi connectivity index (χ0v) is 9.76. The molecule has 5 heteroatoms. The van der Waals surface area contributed by atoms with Crippen LogP contribution in [-0.2, 0) is 9.47 Å². The Balaban J connectivity index is 1.64. The molecule has 1 aromatic rings. The zero-order chi connectivity index (χ0) is 11.6. The third kappa shape index (κ3) is 2.25. The van der Waals surface area contributed by atoms with Crippen molar-refractivity contribution in [3.8, 4) is 0 Å². The summed E-state index contributed by atoms with van der Waals surface area (Å²) >= 11 is 0. The molecule has 0 N–H and O–H groups in total. The lowest BCUT2D eigenvalue weighted by molar-refractivity contribution is -0.275. The molecule has 91 valence electrons. The monoisotopic (exact) mass is 234 g/mol. The van der Waals surface area contributed by atoms with Crippen LogP contribution < -0.4 is 4.90 Å². The molecule has 0 atom stereocenters. The molecule has 0 aliphatic carbocycles. The van der Waals surface area contributed by atoms with Crippen LogP contribution >= 0.6 is 0 Å². The van der Waals surface area contributed by atoms with Crippen molar-refractivity contribution in [1.29, 1.82) is 0 Å². The Bertz CT molecular complexity index is 355. The van der Waals surface area contributed by atoms with Gasteiger partial charge in [0.25, 0.3) is 0 Å². The van der Waals surface area contributed by atoms with Crippen LogP contribution in [0.15, 0.2) is 12.1 Å². The molecule has 0 aromatic carbocycles. The maximum absolute atomic E-state index is 5.80. The summed E-state index contributed by atoms with van der Waals surface area (Å²) in [6, 6.07) is 3.73. The van der Waals surface area contributed by atoms with Crippen LogP contribution in [0.2, 0.25) is 0 Å². The van der Waals surface area contributed by atoms with Gasteiger partial charge in [0.1, 0.15) is 6.20 Å². The third-order valence-corrected chi connectivity index (χ3v) is 3.39. The largest absolute Gasteiger partial charge is 0.355 e. The zero-order valence-electron chi connectivity index (χ0n) is 9.76. The van der Waals surface area contributed by atoms with E-state index in [1.54, 1.807) is 6.07 Å². The molecule has 0 unspecified atom stereocenters. The minimum absolute atomic E-state index is 0.330. The number of ether oxygens (including phenoxy) is 2. The number of aromatic nitrogens is 2. The molecule has 1 aromatic heterocycles.